The Bertz CT molecular complexity index is 556. The summed E-state index contributed by atoms with van der Waals surface area (Å²) >= 11 is 7.88. The lowest BCUT2D eigenvalue weighted by Gasteiger charge is -2.22. The van der Waals surface area contributed by atoms with Gasteiger partial charge in [0.15, 0.2) is 0 Å². The van der Waals surface area contributed by atoms with Crippen molar-refractivity contribution in [2.45, 2.75) is 26.8 Å². The summed E-state index contributed by atoms with van der Waals surface area (Å²) in [7, 11) is 0. The second-order valence-corrected chi connectivity index (χ2v) is 5.93. The highest BCUT2D eigenvalue weighted by atomic mass is 35.5. The zero-order valence-corrected chi connectivity index (χ0v) is 12.8. The van der Waals surface area contributed by atoms with E-state index in [-0.39, 0.29) is 11.9 Å². The van der Waals surface area contributed by atoms with Crippen LogP contribution in [0.4, 0.5) is 4.39 Å². The van der Waals surface area contributed by atoms with Gasteiger partial charge in [0.1, 0.15) is 5.82 Å². The predicted octanol–water partition coefficient (Wildman–Crippen LogP) is 4.86. The van der Waals surface area contributed by atoms with E-state index in [1.54, 1.807) is 23.5 Å². The van der Waals surface area contributed by atoms with Crippen LogP contribution in [-0.2, 0) is 0 Å². The highest BCUT2D eigenvalue weighted by Gasteiger charge is 2.21. The molecule has 0 radical (unpaired) electrons. The van der Waals surface area contributed by atoms with Crippen LogP contribution in [0.1, 0.15) is 34.5 Å². The summed E-state index contributed by atoms with van der Waals surface area (Å²) in [5.41, 5.74) is 3.02. The van der Waals surface area contributed by atoms with E-state index in [1.807, 2.05) is 25.3 Å². The zero-order chi connectivity index (χ0) is 14.0. The van der Waals surface area contributed by atoms with Crippen molar-refractivity contribution in [1.29, 1.82) is 0 Å². The first-order chi connectivity index (χ1) is 9.04. The number of hydrogen-bond acceptors (Lipinski definition) is 2. The lowest BCUT2D eigenvalue weighted by molar-refractivity contribution is 0.610. The van der Waals surface area contributed by atoms with E-state index in [0.29, 0.717) is 0 Å². The lowest BCUT2D eigenvalue weighted by atomic mass is 9.94. The van der Waals surface area contributed by atoms with E-state index in [4.69, 9.17) is 11.6 Å². The van der Waals surface area contributed by atoms with Crippen molar-refractivity contribution < 1.29 is 4.39 Å². The summed E-state index contributed by atoms with van der Waals surface area (Å²) in [6.07, 6.45) is 0. The average Bonchev–Trinajstić information content (AvgIpc) is 2.73. The van der Waals surface area contributed by atoms with Gasteiger partial charge in [-0.2, -0.15) is 0 Å². The minimum Gasteiger partial charge on any atom is -0.306 e. The van der Waals surface area contributed by atoms with Crippen molar-refractivity contribution >= 4 is 22.9 Å². The highest BCUT2D eigenvalue weighted by molar-refractivity contribution is 7.10. The first-order valence-corrected chi connectivity index (χ1v) is 7.53. The minimum absolute atomic E-state index is 0.0260. The normalized spacial score (nSPS) is 12.7. The molecule has 1 unspecified atom stereocenters. The molecule has 102 valence electrons. The molecule has 0 spiro atoms. The maximum atomic E-state index is 13.4. The Balaban J connectivity index is 2.54. The third-order valence-corrected chi connectivity index (χ3v) is 4.59. The molecule has 2 rings (SSSR count). The molecular formula is C15H17ClFNS. The zero-order valence-electron chi connectivity index (χ0n) is 11.3. The van der Waals surface area contributed by atoms with E-state index < -0.39 is 0 Å². The van der Waals surface area contributed by atoms with Crippen LogP contribution in [0.5, 0.6) is 0 Å². The van der Waals surface area contributed by atoms with Crippen LogP contribution < -0.4 is 5.32 Å². The molecule has 1 aromatic heterocycles. The maximum Gasteiger partial charge on any atom is 0.123 e. The molecular weight excluding hydrogens is 281 g/mol. The molecule has 0 aliphatic heterocycles. The number of thiophene rings is 1. The Kier molecular flexibility index (Phi) is 4.61. The average molecular weight is 298 g/mol. The number of halogens is 2. The molecule has 1 aromatic carbocycles. The summed E-state index contributed by atoms with van der Waals surface area (Å²) in [6.45, 7) is 6.77. The Morgan fingerprint density at radius 1 is 1.32 bits per heavy atom. The molecule has 0 aliphatic rings. The monoisotopic (exact) mass is 297 g/mol. The Hall–Kier alpha value is -0.900. The van der Waals surface area contributed by atoms with E-state index in [9.17, 15) is 4.39 Å². The van der Waals surface area contributed by atoms with Gasteiger partial charge in [-0.3, -0.25) is 0 Å². The topological polar surface area (TPSA) is 12.0 Å². The number of nitrogens with one attached hydrogen (secondary N) is 1. The summed E-state index contributed by atoms with van der Waals surface area (Å²) in [5, 5.41) is 6.19. The molecule has 1 nitrogen and oxygen atoms in total. The quantitative estimate of drug-likeness (QED) is 0.850. The predicted molar refractivity (Wildman–Crippen MR) is 80.7 cm³/mol. The molecule has 1 N–H and O–H groups in total. The summed E-state index contributed by atoms with van der Waals surface area (Å²) < 4.78 is 13.4. The fourth-order valence-corrected chi connectivity index (χ4v) is 3.67. The molecule has 0 bridgehead atoms. The molecule has 4 heteroatoms. The molecule has 2 aromatic rings. The van der Waals surface area contributed by atoms with Crippen molar-refractivity contribution in [2.75, 3.05) is 6.54 Å². The van der Waals surface area contributed by atoms with Gasteiger partial charge >= 0.3 is 0 Å². The van der Waals surface area contributed by atoms with Crippen molar-refractivity contribution in [3.63, 3.8) is 0 Å². The van der Waals surface area contributed by atoms with Crippen LogP contribution in [0.25, 0.3) is 0 Å². The Labute approximate surface area is 122 Å². The molecule has 19 heavy (non-hydrogen) atoms. The Morgan fingerprint density at radius 2 is 1.95 bits per heavy atom. The third kappa shape index (κ3) is 2.99. The second-order valence-electron chi connectivity index (χ2n) is 4.58. The minimum atomic E-state index is -0.189. The summed E-state index contributed by atoms with van der Waals surface area (Å²) in [6, 6.07) is 5.08. The third-order valence-electron chi connectivity index (χ3n) is 3.16. The number of aryl methyl sites for hydroxylation is 2. The van der Waals surface area contributed by atoms with Gasteiger partial charge in [-0.25, -0.2) is 4.39 Å². The van der Waals surface area contributed by atoms with Gasteiger partial charge < -0.3 is 5.32 Å². The van der Waals surface area contributed by atoms with Gasteiger partial charge in [-0.1, -0.05) is 18.5 Å². The van der Waals surface area contributed by atoms with Crippen LogP contribution in [-0.4, -0.2) is 6.54 Å². The van der Waals surface area contributed by atoms with E-state index >= 15 is 0 Å². The van der Waals surface area contributed by atoms with Crippen LogP contribution in [0.3, 0.4) is 0 Å². The first kappa shape index (κ1) is 14.5. The van der Waals surface area contributed by atoms with E-state index in [1.165, 1.54) is 0 Å². The van der Waals surface area contributed by atoms with Gasteiger partial charge in [0.05, 0.1) is 11.1 Å². The highest BCUT2D eigenvalue weighted by Crippen LogP contribution is 2.35. The molecule has 0 saturated heterocycles. The van der Waals surface area contributed by atoms with Gasteiger partial charge in [-0.15, -0.1) is 11.3 Å². The van der Waals surface area contributed by atoms with Gasteiger partial charge in [0.25, 0.3) is 0 Å². The van der Waals surface area contributed by atoms with Crippen LogP contribution in [0.2, 0.25) is 5.02 Å². The molecule has 0 aliphatic carbocycles. The fraction of sp³-hybridized carbons (Fsp3) is 0.333. The molecule has 1 atom stereocenters. The van der Waals surface area contributed by atoms with Crippen molar-refractivity contribution in [2.24, 2.45) is 0 Å². The van der Waals surface area contributed by atoms with Crippen LogP contribution >= 0.6 is 22.9 Å². The van der Waals surface area contributed by atoms with Crippen molar-refractivity contribution in [3.8, 4) is 0 Å². The summed E-state index contributed by atoms with van der Waals surface area (Å²) in [5.74, 6) is -0.189. The maximum absolute atomic E-state index is 13.4. The smallest absolute Gasteiger partial charge is 0.123 e. The van der Waals surface area contributed by atoms with Crippen LogP contribution in [0.15, 0.2) is 23.6 Å². The molecule has 0 fully saturated rings. The molecule has 1 heterocycles. The van der Waals surface area contributed by atoms with Crippen molar-refractivity contribution in [1.82, 2.24) is 5.32 Å². The summed E-state index contributed by atoms with van der Waals surface area (Å²) in [4.78, 5) is 1.08. The first-order valence-electron chi connectivity index (χ1n) is 6.27. The van der Waals surface area contributed by atoms with Crippen LogP contribution in [0, 0.1) is 19.7 Å². The fourth-order valence-electron chi connectivity index (χ4n) is 2.42. The van der Waals surface area contributed by atoms with Gasteiger partial charge in [0, 0.05) is 4.88 Å². The molecule has 0 saturated carbocycles. The number of hydrogen-bond donors (Lipinski definition) is 1. The molecule has 0 amide bonds. The standard InChI is InChI=1S/C15H17ClFNS/c1-4-18-14(15-12(16)5-6-19-15)13-9(2)7-11(17)8-10(13)3/h5-8,14,18H,4H2,1-3H3. The van der Waals surface area contributed by atoms with Gasteiger partial charge in [-0.05, 0) is 60.7 Å². The lowest BCUT2D eigenvalue weighted by Crippen LogP contribution is -2.23. The number of rotatable bonds is 4. The largest absolute Gasteiger partial charge is 0.306 e. The van der Waals surface area contributed by atoms with Crippen molar-refractivity contribution in [3.05, 3.63) is 56.0 Å². The number of benzene rings is 1. The van der Waals surface area contributed by atoms with E-state index in [0.717, 1.165) is 33.1 Å². The SMILES string of the molecule is CCNC(c1sccc1Cl)c1c(C)cc(F)cc1C. The second kappa shape index (κ2) is 6.04. The Morgan fingerprint density at radius 3 is 2.42 bits per heavy atom. The van der Waals surface area contributed by atoms with E-state index in [2.05, 4.69) is 12.2 Å². The van der Waals surface area contributed by atoms with Gasteiger partial charge in [0.2, 0.25) is 0 Å².